The van der Waals surface area contributed by atoms with Gasteiger partial charge in [0.05, 0.1) is 30.2 Å². The maximum Gasteiger partial charge on any atom is 0.307 e. The summed E-state index contributed by atoms with van der Waals surface area (Å²) in [7, 11) is 1.30. The van der Waals surface area contributed by atoms with E-state index < -0.39 is 5.97 Å². The van der Waals surface area contributed by atoms with Crippen LogP contribution in [-0.4, -0.2) is 52.5 Å². The number of benzene rings is 2. The van der Waals surface area contributed by atoms with Crippen molar-refractivity contribution in [2.45, 2.75) is 31.6 Å². The van der Waals surface area contributed by atoms with Crippen LogP contribution in [0.15, 0.2) is 52.4 Å². The molecule has 1 aliphatic heterocycles. The van der Waals surface area contributed by atoms with E-state index in [-0.39, 0.29) is 37.0 Å². The molecule has 0 radical (unpaired) electrons. The lowest BCUT2D eigenvalue weighted by molar-refractivity contribution is -0.140. The summed E-state index contributed by atoms with van der Waals surface area (Å²) in [5, 5.41) is 0.848. The van der Waals surface area contributed by atoms with Crippen LogP contribution in [0.4, 0.5) is 0 Å². The molecular weight excluding hydrogens is 458 g/mol. The molecule has 2 heterocycles. The van der Waals surface area contributed by atoms with Crippen LogP contribution in [0.25, 0.3) is 10.9 Å². The van der Waals surface area contributed by atoms with Gasteiger partial charge in [-0.2, -0.15) is 0 Å². The SMILES string of the molecule is CCN(Cc1ccc2c(c1)OCO2)C(=O)CSc1nc2ccccc2c(=O)n1CCC(=O)OC. The Labute approximate surface area is 200 Å². The second-order valence-corrected chi connectivity index (χ2v) is 8.52. The molecule has 178 valence electrons. The van der Waals surface area contributed by atoms with Gasteiger partial charge in [0.2, 0.25) is 12.7 Å². The molecule has 10 heteroatoms. The van der Waals surface area contributed by atoms with E-state index in [2.05, 4.69) is 4.98 Å². The number of thioether (sulfide) groups is 1. The Morgan fingerprint density at radius 1 is 1.18 bits per heavy atom. The van der Waals surface area contributed by atoms with Gasteiger partial charge in [-0.15, -0.1) is 0 Å². The minimum Gasteiger partial charge on any atom is -0.469 e. The Bertz CT molecular complexity index is 1280. The van der Waals surface area contributed by atoms with Crippen molar-refractivity contribution in [2.75, 3.05) is 26.2 Å². The number of methoxy groups -OCH3 is 1. The Morgan fingerprint density at radius 3 is 2.76 bits per heavy atom. The number of rotatable bonds is 9. The third-order valence-electron chi connectivity index (χ3n) is 5.46. The smallest absolute Gasteiger partial charge is 0.307 e. The summed E-state index contributed by atoms with van der Waals surface area (Å²) in [6.45, 7) is 3.17. The first kappa shape index (κ1) is 23.6. The fourth-order valence-electron chi connectivity index (χ4n) is 3.61. The molecule has 0 N–H and O–H groups in total. The Balaban J connectivity index is 1.51. The maximum absolute atomic E-state index is 13.1. The summed E-state index contributed by atoms with van der Waals surface area (Å²) in [5.74, 6) is 0.952. The van der Waals surface area contributed by atoms with Crippen molar-refractivity contribution in [3.05, 3.63) is 58.4 Å². The van der Waals surface area contributed by atoms with Gasteiger partial charge in [0, 0.05) is 19.6 Å². The number of nitrogens with zero attached hydrogens (tertiary/aromatic N) is 3. The van der Waals surface area contributed by atoms with Gasteiger partial charge in [0.1, 0.15) is 0 Å². The molecule has 0 unspecified atom stereocenters. The zero-order chi connectivity index (χ0) is 24.1. The van der Waals surface area contributed by atoms with Crippen LogP contribution in [0.5, 0.6) is 11.5 Å². The Kier molecular flexibility index (Phi) is 7.36. The first-order valence-electron chi connectivity index (χ1n) is 10.9. The van der Waals surface area contributed by atoms with Gasteiger partial charge < -0.3 is 19.1 Å². The number of fused-ring (bicyclic) bond motifs is 2. The van der Waals surface area contributed by atoms with Gasteiger partial charge in [-0.05, 0) is 36.8 Å². The van der Waals surface area contributed by atoms with E-state index in [0.717, 1.165) is 5.56 Å². The van der Waals surface area contributed by atoms with E-state index >= 15 is 0 Å². The van der Waals surface area contributed by atoms with Gasteiger partial charge in [-0.25, -0.2) is 4.98 Å². The molecule has 0 spiro atoms. The maximum atomic E-state index is 13.1. The van der Waals surface area contributed by atoms with Crippen LogP contribution >= 0.6 is 11.8 Å². The molecule has 0 fully saturated rings. The van der Waals surface area contributed by atoms with Crippen LogP contribution in [-0.2, 0) is 27.4 Å². The van der Waals surface area contributed by atoms with Crippen molar-refractivity contribution in [2.24, 2.45) is 0 Å². The van der Waals surface area contributed by atoms with Crippen LogP contribution in [0.3, 0.4) is 0 Å². The molecule has 1 aromatic heterocycles. The number of carbonyl (C=O) groups is 2. The normalized spacial score (nSPS) is 12.1. The largest absolute Gasteiger partial charge is 0.469 e. The zero-order valence-corrected chi connectivity index (χ0v) is 19.8. The highest BCUT2D eigenvalue weighted by Gasteiger charge is 2.19. The number of hydrogen-bond acceptors (Lipinski definition) is 8. The molecule has 4 rings (SSSR count). The molecule has 3 aromatic rings. The molecule has 0 saturated heterocycles. The molecule has 0 atom stereocenters. The lowest BCUT2D eigenvalue weighted by Gasteiger charge is -2.21. The molecule has 1 amide bonds. The number of amides is 1. The van der Waals surface area contributed by atoms with Gasteiger partial charge in [-0.1, -0.05) is 30.0 Å². The molecular formula is C24H25N3O6S. The van der Waals surface area contributed by atoms with Crippen molar-refractivity contribution in [1.82, 2.24) is 14.5 Å². The third kappa shape index (κ3) is 5.17. The first-order valence-corrected chi connectivity index (χ1v) is 11.8. The molecule has 34 heavy (non-hydrogen) atoms. The summed E-state index contributed by atoms with van der Waals surface area (Å²) in [5.41, 5.74) is 1.23. The molecule has 0 saturated carbocycles. The Morgan fingerprint density at radius 2 is 1.97 bits per heavy atom. The van der Waals surface area contributed by atoms with Crippen molar-refractivity contribution in [1.29, 1.82) is 0 Å². The topological polar surface area (TPSA) is 100.0 Å². The number of aromatic nitrogens is 2. The predicted molar refractivity (Wildman–Crippen MR) is 127 cm³/mol. The third-order valence-corrected chi connectivity index (χ3v) is 6.42. The standard InChI is InChI=1S/C24H25N3O6S/c1-3-26(13-16-8-9-19-20(12-16)33-15-32-19)21(28)14-34-24-25-18-7-5-4-6-17(18)23(30)27(24)11-10-22(29)31-2/h4-9,12H,3,10-11,13-15H2,1-2H3. The minimum atomic E-state index is -0.423. The minimum absolute atomic E-state index is 0.0309. The number of hydrogen-bond donors (Lipinski definition) is 0. The first-order chi connectivity index (χ1) is 16.5. The average Bonchev–Trinajstić information content (AvgIpc) is 3.33. The predicted octanol–water partition coefficient (Wildman–Crippen LogP) is 2.83. The molecule has 9 nitrogen and oxygen atoms in total. The highest BCUT2D eigenvalue weighted by atomic mass is 32.2. The number of para-hydroxylation sites is 1. The van der Waals surface area contributed by atoms with Crippen LogP contribution in [0, 0.1) is 0 Å². The van der Waals surface area contributed by atoms with E-state index in [1.54, 1.807) is 29.2 Å². The van der Waals surface area contributed by atoms with E-state index in [4.69, 9.17) is 14.2 Å². The second-order valence-electron chi connectivity index (χ2n) is 7.58. The summed E-state index contributed by atoms with van der Waals surface area (Å²) in [6, 6.07) is 12.6. The van der Waals surface area contributed by atoms with E-state index in [1.807, 2.05) is 25.1 Å². The fraction of sp³-hybridized carbons (Fsp3) is 0.333. The van der Waals surface area contributed by atoms with Crippen molar-refractivity contribution < 1.29 is 23.8 Å². The number of ether oxygens (including phenoxy) is 3. The van der Waals surface area contributed by atoms with Gasteiger partial charge >= 0.3 is 5.97 Å². The summed E-state index contributed by atoms with van der Waals surface area (Å²) < 4.78 is 16.9. The highest BCUT2D eigenvalue weighted by molar-refractivity contribution is 7.99. The lowest BCUT2D eigenvalue weighted by Crippen LogP contribution is -2.32. The summed E-state index contributed by atoms with van der Waals surface area (Å²) in [4.78, 5) is 44.1. The van der Waals surface area contributed by atoms with E-state index in [1.165, 1.54) is 23.4 Å². The quantitative estimate of drug-likeness (QED) is 0.260. The Hall–Kier alpha value is -3.53. The molecule has 0 aliphatic carbocycles. The van der Waals surface area contributed by atoms with Crippen molar-refractivity contribution in [3.8, 4) is 11.5 Å². The summed E-state index contributed by atoms with van der Waals surface area (Å²) in [6.07, 6.45) is 0.0309. The van der Waals surface area contributed by atoms with E-state index in [9.17, 15) is 14.4 Å². The molecule has 2 aromatic carbocycles. The number of carbonyl (C=O) groups excluding carboxylic acids is 2. The monoisotopic (exact) mass is 483 g/mol. The highest BCUT2D eigenvalue weighted by Crippen LogP contribution is 2.33. The molecule has 1 aliphatic rings. The van der Waals surface area contributed by atoms with Gasteiger partial charge in [0.15, 0.2) is 16.7 Å². The van der Waals surface area contributed by atoms with Crippen molar-refractivity contribution in [3.63, 3.8) is 0 Å². The van der Waals surface area contributed by atoms with Crippen LogP contribution in [0.2, 0.25) is 0 Å². The van der Waals surface area contributed by atoms with Crippen molar-refractivity contribution >= 4 is 34.5 Å². The number of esters is 1. The lowest BCUT2D eigenvalue weighted by atomic mass is 10.2. The molecule has 0 bridgehead atoms. The van der Waals surface area contributed by atoms with Gasteiger partial charge in [-0.3, -0.25) is 19.0 Å². The fourth-order valence-corrected chi connectivity index (χ4v) is 4.54. The summed E-state index contributed by atoms with van der Waals surface area (Å²) >= 11 is 1.18. The zero-order valence-electron chi connectivity index (χ0n) is 19.0. The van der Waals surface area contributed by atoms with Crippen LogP contribution < -0.4 is 15.0 Å². The second kappa shape index (κ2) is 10.6. The average molecular weight is 484 g/mol. The van der Waals surface area contributed by atoms with Gasteiger partial charge in [0.25, 0.3) is 5.56 Å². The van der Waals surface area contributed by atoms with Crippen LogP contribution in [0.1, 0.15) is 18.9 Å². The van der Waals surface area contributed by atoms with E-state index in [0.29, 0.717) is 40.6 Å².